The van der Waals surface area contributed by atoms with Crippen LogP contribution in [0.25, 0.3) is 0 Å². The van der Waals surface area contributed by atoms with Gasteiger partial charge in [-0.25, -0.2) is 9.97 Å². The van der Waals surface area contributed by atoms with Crippen LogP contribution in [0.2, 0.25) is 0 Å². The van der Waals surface area contributed by atoms with Gasteiger partial charge in [-0.3, -0.25) is 0 Å². The molecule has 3 nitrogen and oxygen atoms in total. The minimum absolute atomic E-state index is 0.808. The molecule has 0 saturated heterocycles. The summed E-state index contributed by atoms with van der Waals surface area (Å²) >= 11 is 0. The minimum atomic E-state index is 0.808. The maximum Gasteiger partial charge on any atom is 0.142 e. The second kappa shape index (κ2) is 6.51. The van der Waals surface area contributed by atoms with E-state index in [1.807, 2.05) is 41.8 Å². The number of nitrogens with zero attached hydrogens (tertiary/aromatic N) is 3. The van der Waals surface area contributed by atoms with Gasteiger partial charge in [-0.05, 0) is 40.4 Å². The van der Waals surface area contributed by atoms with Gasteiger partial charge in [-0.2, -0.15) is 0 Å². The van der Waals surface area contributed by atoms with Crippen LogP contribution in [0.15, 0.2) is 0 Å². The predicted octanol–water partition coefficient (Wildman–Crippen LogP) is 2.49. The van der Waals surface area contributed by atoms with Crippen LogP contribution in [-0.4, -0.2) is 29.0 Å². The molecule has 3 heteroatoms. The largest absolute Gasteiger partial charge is 0.302 e. The fraction of sp³-hybridized carbons (Fsp3) is 0.667. The molecule has 0 radical (unpaired) electrons. The molecule has 0 aromatic carbocycles. The Kier molecular flexibility index (Phi) is 6.09. The van der Waals surface area contributed by atoms with E-state index in [0.29, 0.717) is 0 Å². The van der Waals surface area contributed by atoms with Gasteiger partial charge in [0, 0.05) is 11.4 Å². The van der Waals surface area contributed by atoms with Gasteiger partial charge >= 0.3 is 0 Å². The van der Waals surface area contributed by atoms with E-state index in [0.717, 1.165) is 23.8 Å². The van der Waals surface area contributed by atoms with Crippen molar-refractivity contribution in [1.82, 2.24) is 14.9 Å². The summed E-state index contributed by atoms with van der Waals surface area (Å²) in [6.07, 6.45) is 0. The summed E-state index contributed by atoms with van der Waals surface area (Å²) in [7, 11) is 4.04. The van der Waals surface area contributed by atoms with Crippen molar-refractivity contribution < 1.29 is 0 Å². The summed E-state index contributed by atoms with van der Waals surface area (Å²) in [4.78, 5) is 10.9. The zero-order valence-corrected chi connectivity index (χ0v) is 11.0. The molecule has 1 rings (SSSR count). The van der Waals surface area contributed by atoms with E-state index in [1.54, 1.807) is 0 Å². The summed E-state index contributed by atoms with van der Waals surface area (Å²) in [5.41, 5.74) is 3.37. The van der Waals surface area contributed by atoms with E-state index < -0.39 is 0 Å². The Hall–Kier alpha value is -0.960. The van der Waals surface area contributed by atoms with Crippen LogP contribution >= 0.6 is 0 Å². The molecule has 0 saturated carbocycles. The van der Waals surface area contributed by atoms with Gasteiger partial charge < -0.3 is 4.90 Å². The fourth-order valence-electron chi connectivity index (χ4n) is 1.20. The summed E-state index contributed by atoms with van der Waals surface area (Å²) in [6.45, 7) is 10.9. The Morgan fingerprint density at radius 3 is 1.67 bits per heavy atom. The van der Waals surface area contributed by atoms with Crippen molar-refractivity contribution in [2.24, 2.45) is 0 Å². The number of aryl methyl sites for hydroxylation is 2. The molecule has 0 aliphatic rings. The van der Waals surface area contributed by atoms with Crippen molar-refractivity contribution in [1.29, 1.82) is 0 Å². The van der Waals surface area contributed by atoms with Gasteiger partial charge in [0.1, 0.15) is 5.82 Å². The van der Waals surface area contributed by atoms with E-state index in [9.17, 15) is 0 Å². The van der Waals surface area contributed by atoms with Crippen LogP contribution in [0.3, 0.4) is 0 Å². The molecule has 0 spiro atoms. The highest BCUT2D eigenvalue weighted by Gasteiger charge is 2.04. The molecule has 0 fully saturated rings. The normalized spacial score (nSPS) is 9.87. The van der Waals surface area contributed by atoms with E-state index in [1.165, 1.54) is 5.56 Å². The molecular formula is C12H23N3. The average Bonchev–Trinajstić information content (AvgIpc) is 2.16. The van der Waals surface area contributed by atoms with E-state index in [4.69, 9.17) is 0 Å². The molecule has 1 heterocycles. The zero-order valence-electron chi connectivity index (χ0n) is 11.0. The van der Waals surface area contributed by atoms with Gasteiger partial charge in [0.25, 0.3) is 0 Å². The first-order valence-corrected chi connectivity index (χ1v) is 5.46. The van der Waals surface area contributed by atoms with Crippen LogP contribution in [-0.2, 0) is 6.54 Å². The third kappa shape index (κ3) is 4.38. The molecule has 0 unspecified atom stereocenters. The molecule has 86 valence electrons. The van der Waals surface area contributed by atoms with Crippen molar-refractivity contribution in [3.8, 4) is 0 Å². The topological polar surface area (TPSA) is 29.0 Å². The molecular weight excluding hydrogens is 186 g/mol. The predicted molar refractivity (Wildman–Crippen MR) is 65.0 cm³/mol. The van der Waals surface area contributed by atoms with Gasteiger partial charge in [0.05, 0.1) is 6.54 Å². The number of hydrogen-bond donors (Lipinski definition) is 0. The van der Waals surface area contributed by atoms with Crippen molar-refractivity contribution in [2.45, 2.75) is 41.2 Å². The average molecular weight is 209 g/mol. The monoisotopic (exact) mass is 209 g/mol. The van der Waals surface area contributed by atoms with Crippen molar-refractivity contribution in [3.63, 3.8) is 0 Å². The first-order chi connectivity index (χ1) is 7.00. The third-order valence-electron chi connectivity index (χ3n) is 2.14. The second-order valence-corrected chi connectivity index (χ2v) is 3.67. The molecule has 0 atom stereocenters. The van der Waals surface area contributed by atoms with Gasteiger partial charge in [-0.15, -0.1) is 0 Å². The lowest BCUT2D eigenvalue weighted by atomic mass is 10.2. The molecule has 15 heavy (non-hydrogen) atoms. The Morgan fingerprint density at radius 1 is 0.933 bits per heavy atom. The van der Waals surface area contributed by atoms with Crippen LogP contribution in [0.1, 0.15) is 36.6 Å². The van der Waals surface area contributed by atoms with Crippen molar-refractivity contribution in [2.75, 3.05) is 14.1 Å². The highest BCUT2D eigenvalue weighted by Crippen LogP contribution is 2.08. The number of aromatic nitrogens is 2. The fourth-order valence-corrected chi connectivity index (χ4v) is 1.20. The van der Waals surface area contributed by atoms with E-state index >= 15 is 0 Å². The molecule has 0 bridgehead atoms. The second-order valence-electron chi connectivity index (χ2n) is 3.67. The molecule has 0 amide bonds. The Labute approximate surface area is 93.6 Å². The van der Waals surface area contributed by atoms with Crippen LogP contribution in [0.4, 0.5) is 0 Å². The summed E-state index contributed by atoms with van der Waals surface area (Å²) in [5.74, 6) is 0.908. The van der Waals surface area contributed by atoms with Gasteiger partial charge in [-0.1, -0.05) is 13.8 Å². The Balaban J connectivity index is 0.000000921. The summed E-state index contributed by atoms with van der Waals surface area (Å²) in [5, 5.41) is 0. The maximum absolute atomic E-state index is 4.42. The number of hydrogen-bond acceptors (Lipinski definition) is 3. The summed E-state index contributed by atoms with van der Waals surface area (Å²) in [6, 6.07) is 0. The molecule has 0 N–H and O–H groups in total. The standard InChI is InChI=1S/C10H17N3.C2H6/c1-7-8(2)11-10(6-13(4)5)12-9(7)3;1-2/h6H2,1-5H3;1-2H3. The maximum atomic E-state index is 4.42. The van der Waals surface area contributed by atoms with Crippen LogP contribution in [0, 0.1) is 20.8 Å². The lowest BCUT2D eigenvalue weighted by Crippen LogP contribution is -2.14. The molecule has 0 aliphatic heterocycles. The van der Waals surface area contributed by atoms with Gasteiger partial charge in [0.15, 0.2) is 0 Å². The molecule has 1 aromatic rings. The SMILES string of the molecule is CC.Cc1nc(CN(C)C)nc(C)c1C. The highest BCUT2D eigenvalue weighted by molar-refractivity contribution is 5.22. The van der Waals surface area contributed by atoms with E-state index in [2.05, 4.69) is 21.8 Å². The first-order valence-electron chi connectivity index (χ1n) is 5.46. The van der Waals surface area contributed by atoms with Gasteiger partial charge in [0.2, 0.25) is 0 Å². The van der Waals surface area contributed by atoms with Crippen LogP contribution < -0.4 is 0 Å². The van der Waals surface area contributed by atoms with Crippen molar-refractivity contribution in [3.05, 3.63) is 22.8 Å². The number of rotatable bonds is 2. The Bertz CT molecular complexity index is 283. The van der Waals surface area contributed by atoms with Crippen molar-refractivity contribution >= 4 is 0 Å². The first kappa shape index (κ1) is 14.0. The smallest absolute Gasteiger partial charge is 0.142 e. The lowest BCUT2D eigenvalue weighted by Gasteiger charge is -2.10. The third-order valence-corrected chi connectivity index (χ3v) is 2.14. The Morgan fingerprint density at radius 2 is 1.33 bits per heavy atom. The lowest BCUT2D eigenvalue weighted by molar-refractivity contribution is 0.389. The van der Waals surface area contributed by atoms with E-state index in [-0.39, 0.29) is 0 Å². The highest BCUT2D eigenvalue weighted by atomic mass is 15.1. The van der Waals surface area contributed by atoms with Crippen LogP contribution in [0.5, 0.6) is 0 Å². The molecule has 1 aromatic heterocycles. The molecule has 0 aliphatic carbocycles. The minimum Gasteiger partial charge on any atom is -0.302 e. The zero-order chi connectivity index (χ0) is 12.0. The summed E-state index contributed by atoms with van der Waals surface area (Å²) < 4.78 is 0. The quantitative estimate of drug-likeness (QED) is 0.749.